The van der Waals surface area contributed by atoms with Crippen molar-refractivity contribution in [3.63, 3.8) is 0 Å². The van der Waals surface area contributed by atoms with Crippen molar-refractivity contribution < 1.29 is 13.2 Å². The Kier molecular flexibility index (Phi) is 5.50. The van der Waals surface area contributed by atoms with E-state index in [-0.39, 0.29) is 14.9 Å². The first-order valence-electron chi connectivity index (χ1n) is 7.16. The summed E-state index contributed by atoms with van der Waals surface area (Å²) in [6.45, 7) is 2.35. The van der Waals surface area contributed by atoms with Crippen LogP contribution in [0, 0.1) is 0 Å². The van der Waals surface area contributed by atoms with Crippen molar-refractivity contribution >= 4 is 27.0 Å². The summed E-state index contributed by atoms with van der Waals surface area (Å²) in [7, 11) is -3.54. The Morgan fingerprint density at radius 2 is 1.82 bits per heavy atom. The first-order valence-corrected chi connectivity index (χ1v) is 9.46. The molecule has 0 spiro atoms. The molecule has 0 atom stereocenters. The summed E-state index contributed by atoms with van der Waals surface area (Å²) in [6, 6.07) is 9.46. The van der Waals surface area contributed by atoms with Crippen LogP contribution in [-0.4, -0.2) is 14.2 Å². The predicted molar refractivity (Wildman–Crippen MR) is 88.0 cm³/mol. The number of carbonyl (C=O) groups excluding carboxylic acids is 1. The molecule has 0 fully saturated rings. The molecule has 118 valence electrons. The van der Waals surface area contributed by atoms with Crippen LogP contribution in [0.3, 0.4) is 0 Å². The number of benzene rings is 1. The van der Waals surface area contributed by atoms with Crippen LogP contribution >= 0.6 is 11.3 Å². The maximum absolute atomic E-state index is 12.5. The minimum Gasteiger partial charge on any atom is -0.326 e. The van der Waals surface area contributed by atoms with Crippen LogP contribution in [0.15, 0.2) is 45.5 Å². The van der Waals surface area contributed by atoms with Crippen molar-refractivity contribution in [3.8, 4) is 0 Å². The molecule has 0 amide bonds. The fraction of sp³-hybridized carbons (Fsp3) is 0.312. The summed E-state index contributed by atoms with van der Waals surface area (Å²) in [6.07, 6.45) is 2.30. The quantitative estimate of drug-likeness (QED) is 0.785. The predicted octanol–water partition coefficient (Wildman–Crippen LogP) is 3.41. The molecule has 0 unspecified atom stereocenters. The second kappa shape index (κ2) is 7.17. The minimum atomic E-state index is -3.54. The van der Waals surface area contributed by atoms with Crippen molar-refractivity contribution in [1.29, 1.82) is 0 Å². The molecule has 6 heteroatoms. The molecule has 2 N–H and O–H groups in total. The number of hydrogen-bond donors (Lipinski definition) is 1. The molecule has 0 bridgehead atoms. The van der Waals surface area contributed by atoms with Gasteiger partial charge >= 0.3 is 0 Å². The van der Waals surface area contributed by atoms with E-state index >= 15 is 0 Å². The third-order valence-electron chi connectivity index (χ3n) is 3.35. The maximum atomic E-state index is 12.5. The molecule has 0 radical (unpaired) electrons. The number of thiophene rings is 1. The Balaban J connectivity index is 2.24. The van der Waals surface area contributed by atoms with Crippen LogP contribution in [0.5, 0.6) is 0 Å². The molecule has 2 aromatic rings. The average Bonchev–Trinajstić information content (AvgIpc) is 3.02. The first-order chi connectivity index (χ1) is 10.5. The number of sulfone groups is 1. The van der Waals surface area contributed by atoms with E-state index in [1.165, 1.54) is 23.5 Å². The standard InChI is InChI=1S/C16H19NO3S2/c1-2-3-4-15(18)12-5-8-14(9-6-12)22(19,20)16-10-7-13(11-17)21-16/h5-10H,2-4,11,17H2,1H3. The molecule has 0 saturated heterocycles. The Bertz CT molecular complexity index is 746. The van der Waals surface area contributed by atoms with Crippen molar-refractivity contribution in [2.24, 2.45) is 5.73 Å². The number of Topliss-reactive ketones (excluding diaryl/α,β-unsaturated/α-hetero) is 1. The summed E-state index contributed by atoms with van der Waals surface area (Å²) >= 11 is 1.18. The van der Waals surface area contributed by atoms with Gasteiger partial charge in [-0.3, -0.25) is 4.79 Å². The topological polar surface area (TPSA) is 77.2 Å². The van der Waals surface area contributed by atoms with Gasteiger partial charge in [0, 0.05) is 23.4 Å². The lowest BCUT2D eigenvalue weighted by molar-refractivity contribution is 0.0979. The highest BCUT2D eigenvalue weighted by Gasteiger charge is 2.20. The summed E-state index contributed by atoms with van der Waals surface area (Å²) in [4.78, 5) is 12.9. The maximum Gasteiger partial charge on any atom is 0.215 e. The fourth-order valence-corrected chi connectivity index (χ4v) is 4.67. The van der Waals surface area contributed by atoms with E-state index in [1.807, 2.05) is 6.92 Å². The van der Waals surface area contributed by atoms with Crippen LogP contribution in [0.25, 0.3) is 0 Å². The Labute approximate surface area is 134 Å². The normalized spacial score (nSPS) is 11.5. The van der Waals surface area contributed by atoms with Crippen molar-refractivity contribution in [2.45, 2.75) is 41.8 Å². The number of unbranched alkanes of at least 4 members (excludes halogenated alkanes) is 1. The zero-order chi connectivity index (χ0) is 16.2. The van der Waals surface area contributed by atoms with Gasteiger partial charge in [-0.2, -0.15) is 0 Å². The van der Waals surface area contributed by atoms with Gasteiger partial charge in [-0.25, -0.2) is 8.42 Å². The lowest BCUT2D eigenvalue weighted by Crippen LogP contribution is -2.02. The molecule has 0 saturated carbocycles. The Morgan fingerprint density at radius 3 is 2.36 bits per heavy atom. The van der Waals surface area contributed by atoms with Crippen LogP contribution in [0.4, 0.5) is 0 Å². The zero-order valence-corrected chi connectivity index (χ0v) is 14.0. The summed E-state index contributed by atoms with van der Waals surface area (Å²) in [5.74, 6) is 0.0485. The monoisotopic (exact) mass is 337 g/mol. The molecule has 2 rings (SSSR count). The molecule has 0 aliphatic rings. The zero-order valence-electron chi connectivity index (χ0n) is 12.4. The van der Waals surface area contributed by atoms with Crippen molar-refractivity contribution in [1.82, 2.24) is 0 Å². The SMILES string of the molecule is CCCCC(=O)c1ccc(S(=O)(=O)c2ccc(CN)s2)cc1. The van der Waals surface area contributed by atoms with Gasteiger partial charge in [0.05, 0.1) is 4.90 Å². The van der Waals surface area contributed by atoms with Crippen LogP contribution in [-0.2, 0) is 16.4 Å². The molecule has 0 aliphatic carbocycles. The highest BCUT2D eigenvalue weighted by molar-refractivity contribution is 7.93. The molecule has 22 heavy (non-hydrogen) atoms. The van der Waals surface area contributed by atoms with E-state index in [9.17, 15) is 13.2 Å². The van der Waals surface area contributed by atoms with Gasteiger partial charge in [-0.15, -0.1) is 11.3 Å². The van der Waals surface area contributed by atoms with E-state index < -0.39 is 9.84 Å². The molecule has 1 heterocycles. The van der Waals surface area contributed by atoms with E-state index in [2.05, 4.69) is 0 Å². The molecule has 0 aliphatic heterocycles. The van der Waals surface area contributed by atoms with Gasteiger partial charge in [-0.05, 0) is 30.7 Å². The highest BCUT2D eigenvalue weighted by atomic mass is 32.2. The van der Waals surface area contributed by atoms with Crippen molar-refractivity contribution in [2.75, 3.05) is 0 Å². The number of carbonyl (C=O) groups is 1. The number of rotatable bonds is 7. The first kappa shape index (κ1) is 16.9. The summed E-state index contributed by atoms with van der Waals surface area (Å²) in [5.41, 5.74) is 6.07. The van der Waals surface area contributed by atoms with Crippen molar-refractivity contribution in [3.05, 3.63) is 46.8 Å². The molecule has 4 nitrogen and oxygen atoms in total. The largest absolute Gasteiger partial charge is 0.326 e. The lowest BCUT2D eigenvalue weighted by Gasteiger charge is -2.04. The second-order valence-electron chi connectivity index (χ2n) is 4.98. The third-order valence-corrected chi connectivity index (χ3v) is 6.72. The Morgan fingerprint density at radius 1 is 1.14 bits per heavy atom. The highest BCUT2D eigenvalue weighted by Crippen LogP contribution is 2.28. The lowest BCUT2D eigenvalue weighted by atomic mass is 10.1. The van der Waals surface area contributed by atoms with Gasteiger partial charge < -0.3 is 5.73 Å². The molecule has 1 aromatic heterocycles. The molecular weight excluding hydrogens is 318 g/mol. The van der Waals surface area contributed by atoms with E-state index in [0.29, 0.717) is 18.5 Å². The van der Waals surface area contributed by atoms with Crippen LogP contribution in [0.1, 0.15) is 41.4 Å². The van der Waals surface area contributed by atoms with Crippen LogP contribution in [0.2, 0.25) is 0 Å². The fourth-order valence-electron chi connectivity index (χ4n) is 2.03. The number of hydrogen-bond acceptors (Lipinski definition) is 5. The minimum absolute atomic E-state index is 0.0485. The van der Waals surface area contributed by atoms with Gasteiger partial charge in [-0.1, -0.05) is 25.5 Å². The third kappa shape index (κ3) is 3.63. The molecule has 1 aromatic carbocycles. The number of ketones is 1. The smallest absolute Gasteiger partial charge is 0.215 e. The van der Waals surface area contributed by atoms with Crippen LogP contribution < -0.4 is 5.73 Å². The Hall–Kier alpha value is -1.50. The summed E-state index contributed by atoms with van der Waals surface area (Å²) < 4.78 is 25.3. The van der Waals surface area contributed by atoms with E-state index in [4.69, 9.17) is 5.73 Å². The van der Waals surface area contributed by atoms with E-state index in [1.54, 1.807) is 24.3 Å². The van der Waals surface area contributed by atoms with Gasteiger partial charge in [0.1, 0.15) is 4.21 Å². The average molecular weight is 337 g/mol. The van der Waals surface area contributed by atoms with E-state index in [0.717, 1.165) is 17.7 Å². The van der Waals surface area contributed by atoms with Gasteiger partial charge in [0.15, 0.2) is 5.78 Å². The second-order valence-corrected chi connectivity index (χ2v) is 8.32. The van der Waals surface area contributed by atoms with Gasteiger partial charge in [0.2, 0.25) is 9.84 Å². The number of nitrogens with two attached hydrogens (primary N) is 1. The summed E-state index contributed by atoms with van der Waals surface area (Å²) in [5, 5.41) is 0. The van der Waals surface area contributed by atoms with Gasteiger partial charge in [0.25, 0.3) is 0 Å². The molecular formula is C16H19NO3S2.